The van der Waals surface area contributed by atoms with Crippen LogP contribution in [0.1, 0.15) is 57.8 Å². The molecular formula is C19H26ClFO4. The molecule has 0 bridgehead atoms. The van der Waals surface area contributed by atoms with E-state index in [-0.39, 0.29) is 24.6 Å². The Morgan fingerprint density at radius 1 is 0.920 bits per heavy atom. The largest absolute Gasteiger partial charge is 0.466 e. The van der Waals surface area contributed by atoms with E-state index in [2.05, 4.69) is 0 Å². The number of unbranched alkanes of at least 4 members (excludes halogenated alkanes) is 5. The lowest BCUT2D eigenvalue weighted by molar-refractivity contribution is -0.144. The molecule has 1 aromatic rings. The van der Waals surface area contributed by atoms with Gasteiger partial charge in [-0.3, -0.25) is 9.59 Å². The van der Waals surface area contributed by atoms with Gasteiger partial charge in [-0.2, -0.15) is 0 Å². The summed E-state index contributed by atoms with van der Waals surface area (Å²) < 4.78 is 23.1. The van der Waals surface area contributed by atoms with Crippen molar-refractivity contribution in [1.29, 1.82) is 0 Å². The monoisotopic (exact) mass is 372 g/mol. The fraction of sp³-hybridized carbons (Fsp3) is 0.579. The number of hydrogen-bond acceptors (Lipinski definition) is 4. The van der Waals surface area contributed by atoms with Crippen LogP contribution >= 0.6 is 11.6 Å². The maximum Gasteiger partial charge on any atom is 0.311 e. The summed E-state index contributed by atoms with van der Waals surface area (Å²) in [6.45, 7) is 0.419. The summed E-state index contributed by atoms with van der Waals surface area (Å²) in [7, 11) is 0. The first-order valence-electron chi connectivity index (χ1n) is 8.79. The van der Waals surface area contributed by atoms with Gasteiger partial charge in [0.1, 0.15) is 11.6 Å². The minimum atomic E-state index is -0.490. The van der Waals surface area contributed by atoms with Crippen molar-refractivity contribution in [3.63, 3.8) is 0 Å². The second kappa shape index (κ2) is 13.6. The van der Waals surface area contributed by atoms with Gasteiger partial charge in [0, 0.05) is 24.8 Å². The van der Waals surface area contributed by atoms with Gasteiger partial charge in [-0.1, -0.05) is 31.7 Å². The molecule has 0 atom stereocenters. The second-order valence-electron chi connectivity index (χ2n) is 5.82. The quantitative estimate of drug-likeness (QED) is 0.211. The summed E-state index contributed by atoms with van der Waals surface area (Å²) in [6, 6.07) is 5.38. The smallest absolute Gasteiger partial charge is 0.311 e. The lowest BCUT2D eigenvalue weighted by Gasteiger charge is -2.06. The molecule has 1 aromatic carbocycles. The van der Waals surface area contributed by atoms with Gasteiger partial charge >= 0.3 is 11.9 Å². The highest BCUT2D eigenvalue weighted by atomic mass is 35.5. The van der Waals surface area contributed by atoms with E-state index in [1.54, 1.807) is 0 Å². The Balaban J connectivity index is 2.00. The van der Waals surface area contributed by atoms with E-state index in [1.165, 1.54) is 18.2 Å². The van der Waals surface area contributed by atoms with E-state index in [4.69, 9.17) is 21.1 Å². The number of rotatable bonds is 13. The average molecular weight is 373 g/mol. The minimum absolute atomic E-state index is 0.0895. The fourth-order valence-electron chi connectivity index (χ4n) is 2.25. The van der Waals surface area contributed by atoms with Crippen molar-refractivity contribution in [1.82, 2.24) is 0 Å². The maximum atomic E-state index is 13.0. The molecule has 0 unspecified atom stereocenters. The number of ether oxygens (including phenoxy) is 2. The molecule has 0 fully saturated rings. The van der Waals surface area contributed by atoms with Crippen LogP contribution in [0.4, 0.5) is 4.39 Å². The number of esters is 2. The number of hydrogen-bond donors (Lipinski definition) is 0. The maximum absolute atomic E-state index is 13.0. The molecule has 25 heavy (non-hydrogen) atoms. The topological polar surface area (TPSA) is 52.6 Å². The normalized spacial score (nSPS) is 10.5. The van der Waals surface area contributed by atoms with Crippen molar-refractivity contribution in [3.8, 4) is 5.75 Å². The zero-order chi connectivity index (χ0) is 18.3. The van der Waals surface area contributed by atoms with Gasteiger partial charge in [0.15, 0.2) is 0 Å². The highest BCUT2D eigenvalue weighted by Crippen LogP contribution is 2.13. The molecule has 0 aliphatic carbocycles. The molecule has 1 rings (SSSR count). The van der Waals surface area contributed by atoms with Gasteiger partial charge < -0.3 is 9.47 Å². The van der Waals surface area contributed by atoms with Gasteiger partial charge in [0.25, 0.3) is 0 Å². The predicted octanol–water partition coefficient (Wildman–Crippen LogP) is 5.02. The second-order valence-corrected chi connectivity index (χ2v) is 6.19. The molecule has 0 radical (unpaired) electrons. The third-order valence-corrected chi connectivity index (χ3v) is 3.85. The zero-order valence-corrected chi connectivity index (χ0v) is 15.2. The average Bonchev–Trinajstić information content (AvgIpc) is 2.57. The molecule has 0 aliphatic rings. The Labute approximate surface area is 153 Å². The van der Waals surface area contributed by atoms with Crippen molar-refractivity contribution in [3.05, 3.63) is 30.1 Å². The molecule has 140 valence electrons. The Morgan fingerprint density at radius 2 is 1.60 bits per heavy atom. The van der Waals surface area contributed by atoms with Crippen LogP contribution in [0.5, 0.6) is 5.75 Å². The molecule has 4 nitrogen and oxygen atoms in total. The molecule has 0 saturated carbocycles. The van der Waals surface area contributed by atoms with Crippen LogP contribution in [0.25, 0.3) is 0 Å². The van der Waals surface area contributed by atoms with Crippen LogP contribution in [0.2, 0.25) is 0 Å². The predicted molar refractivity (Wildman–Crippen MR) is 95.3 cm³/mol. The van der Waals surface area contributed by atoms with Crippen molar-refractivity contribution in [2.24, 2.45) is 0 Å². The molecule has 0 saturated heterocycles. The first-order chi connectivity index (χ1) is 12.1. The Morgan fingerprint density at radius 3 is 2.32 bits per heavy atom. The van der Waals surface area contributed by atoms with E-state index >= 15 is 0 Å². The van der Waals surface area contributed by atoms with Crippen LogP contribution in [0.3, 0.4) is 0 Å². The third-order valence-electron chi connectivity index (χ3n) is 3.58. The minimum Gasteiger partial charge on any atom is -0.466 e. The van der Waals surface area contributed by atoms with Crippen molar-refractivity contribution in [2.75, 3.05) is 12.5 Å². The van der Waals surface area contributed by atoms with Gasteiger partial charge in [-0.25, -0.2) is 4.39 Å². The summed E-state index contributed by atoms with van der Waals surface area (Å²) in [6.07, 6.45) is 7.00. The Kier molecular flexibility index (Phi) is 11.7. The highest BCUT2D eigenvalue weighted by Gasteiger charge is 2.08. The van der Waals surface area contributed by atoms with E-state index in [9.17, 15) is 14.0 Å². The number of carbonyl (C=O) groups excluding carboxylic acids is 2. The van der Waals surface area contributed by atoms with Gasteiger partial charge in [0.2, 0.25) is 0 Å². The van der Waals surface area contributed by atoms with E-state index in [0.29, 0.717) is 18.9 Å². The highest BCUT2D eigenvalue weighted by molar-refractivity contribution is 6.17. The van der Waals surface area contributed by atoms with Crippen LogP contribution in [0.15, 0.2) is 24.3 Å². The molecule has 0 aromatic heterocycles. The van der Waals surface area contributed by atoms with Gasteiger partial charge in [-0.15, -0.1) is 11.6 Å². The first-order valence-corrected chi connectivity index (χ1v) is 9.33. The number of alkyl halides is 1. The standard InChI is InChI=1S/C19H26ClFO4/c20-13-5-3-1-2-4-6-14-24-18(22)11-8-12-19(23)25-17-10-7-9-16(21)15-17/h7,9-10,15H,1-6,8,11-14H2. The molecule has 6 heteroatoms. The van der Waals surface area contributed by atoms with E-state index < -0.39 is 11.8 Å². The number of halogens is 2. The van der Waals surface area contributed by atoms with Crippen molar-refractivity contribution in [2.45, 2.75) is 57.8 Å². The molecule has 0 heterocycles. The fourth-order valence-corrected chi connectivity index (χ4v) is 2.44. The molecule has 0 N–H and O–H groups in total. The summed E-state index contributed by atoms with van der Waals surface area (Å²) in [5.41, 5.74) is 0. The lowest BCUT2D eigenvalue weighted by Crippen LogP contribution is -2.10. The van der Waals surface area contributed by atoms with Crippen LogP contribution in [0, 0.1) is 5.82 Å². The third kappa shape index (κ3) is 11.5. The first kappa shape index (κ1) is 21.4. The lowest BCUT2D eigenvalue weighted by atomic mass is 10.1. The summed E-state index contributed by atoms with van der Waals surface area (Å²) in [5.74, 6) is -0.379. The Hall–Kier alpha value is -1.62. The Bertz CT molecular complexity index is 522. The molecule has 0 aliphatic heterocycles. The molecular weight excluding hydrogens is 347 g/mol. The van der Waals surface area contributed by atoms with Gasteiger partial charge in [-0.05, 0) is 31.4 Å². The molecule has 0 spiro atoms. The number of benzene rings is 1. The van der Waals surface area contributed by atoms with Crippen LogP contribution in [-0.2, 0) is 14.3 Å². The summed E-state index contributed by atoms with van der Waals surface area (Å²) >= 11 is 5.61. The zero-order valence-electron chi connectivity index (χ0n) is 14.5. The van der Waals surface area contributed by atoms with Crippen LogP contribution < -0.4 is 4.74 Å². The number of carbonyl (C=O) groups is 2. The van der Waals surface area contributed by atoms with Crippen molar-refractivity contribution < 1.29 is 23.5 Å². The molecule has 0 amide bonds. The van der Waals surface area contributed by atoms with Crippen molar-refractivity contribution >= 4 is 23.5 Å². The summed E-state index contributed by atoms with van der Waals surface area (Å²) in [5, 5.41) is 0. The summed E-state index contributed by atoms with van der Waals surface area (Å²) in [4.78, 5) is 23.2. The van der Waals surface area contributed by atoms with Crippen LogP contribution in [-0.4, -0.2) is 24.4 Å². The SMILES string of the molecule is O=C(CCCC(=O)Oc1cccc(F)c1)OCCCCCCCCCl. The van der Waals surface area contributed by atoms with Gasteiger partial charge in [0.05, 0.1) is 6.61 Å². The van der Waals surface area contributed by atoms with E-state index in [1.807, 2.05) is 0 Å². The van der Waals surface area contributed by atoms with E-state index in [0.717, 1.165) is 44.6 Å².